The van der Waals surface area contributed by atoms with Crippen LogP contribution in [0.2, 0.25) is 0 Å². The molecule has 0 aliphatic carbocycles. The van der Waals surface area contributed by atoms with Crippen LogP contribution in [-0.2, 0) is 0 Å². The van der Waals surface area contributed by atoms with Gasteiger partial charge in [-0.2, -0.15) is 0 Å². The Balaban J connectivity index is 1.66. The van der Waals surface area contributed by atoms with E-state index in [1.165, 1.54) is 12.8 Å². The van der Waals surface area contributed by atoms with Gasteiger partial charge in [0.2, 0.25) is 0 Å². The van der Waals surface area contributed by atoms with Crippen molar-refractivity contribution >= 4 is 10.9 Å². The minimum absolute atomic E-state index is 0.642. The van der Waals surface area contributed by atoms with Gasteiger partial charge in [-0.05, 0) is 43.7 Å². The lowest BCUT2D eigenvalue weighted by molar-refractivity contribution is 0.218. The number of fused-ring (bicyclic) bond motifs is 1. The van der Waals surface area contributed by atoms with Crippen molar-refractivity contribution in [2.45, 2.75) is 12.8 Å². The summed E-state index contributed by atoms with van der Waals surface area (Å²) < 4.78 is 5.89. The molecule has 0 bridgehead atoms. The van der Waals surface area contributed by atoms with E-state index in [-0.39, 0.29) is 0 Å². The molecule has 1 fully saturated rings. The number of nitrogens with zero attached hydrogens (tertiary/aromatic N) is 1. The Hall–Kier alpha value is -1.61. The van der Waals surface area contributed by atoms with Gasteiger partial charge in [0.15, 0.2) is 0 Å². The summed E-state index contributed by atoms with van der Waals surface area (Å²) in [7, 11) is 0. The molecule has 18 heavy (non-hydrogen) atoms. The molecule has 1 aromatic carbocycles. The fourth-order valence-electron chi connectivity index (χ4n) is 2.42. The third-order valence-electron chi connectivity index (χ3n) is 3.46. The maximum Gasteiger partial charge on any atom is 0.120 e. The molecule has 0 radical (unpaired) electrons. The average Bonchev–Trinajstić information content (AvgIpc) is 2.46. The van der Waals surface area contributed by atoms with E-state index in [2.05, 4.69) is 22.4 Å². The van der Waals surface area contributed by atoms with Gasteiger partial charge in [0.1, 0.15) is 5.75 Å². The van der Waals surface area contributed by atoms with Crippen LogP contribution in [0.15, 0.2) is 36.5 Å². The summed E-state index contributed by atoms with van der Waals surface area (Å²) in [6.45, 7) is 3.03. The van der Waals surface area contributed by atoms with Gasteiger partial charge in [-0.15, -0.1) is 0 Å². The van der Waals surface area contributed by atoms with Crippen LogP contribution < -0.4 is 10.1 Å². The number of rotatable bonds is 3. The molecule has 3 rings (SSSR count). The zero-order chi connectivity index (χ0) is 12.2. The second kappa shape index (κ2) is 5.36. The normalized spacial score (nSPS) is 19.9. The Morgan fingerprint density at radius 1 is 1.33 bits per heavy atom. The number of ether oxygens (including phenoxy) is 1. The molecule has 1 aliphatic heterocycles. The van der Waals surface area contributed by atoms with Crippen LogP contribution in [0.5, 0.6) is 5.75 Å². The Morgan fingerprint density at radius 2 is 2.33 bits per heavy atom. The van der Waals surface area contributed by atoms with Crippen LogP contribution in [-0.4, -0.2) is 24.7 Å². The van der Waals surface area contributed by atoms with E-state index >= 15 is 0 Å². The molecule has 2 heterocycles. The summed E-state index contributed by atoms with van der Waals surface area (Å²) in [6, 6.07) is 10.1. The molecular weight excluding hydrogens is 224 g/mol. The fraction of sp³-hybridized carbons (Fsp3) is 0.400. The smallest absolute Gasteiger partial charge is 0.120 e. The van der Waals surface area contributed by atoms with E-state index in [0.717, 1.165) is 36.3 Å². The molecule has 94 valence electrons. The zero-order valence-corrected chi connectivity index (χ0v) is 10.4. The number of benzene rings is 1. The summed E-state index contributed by atoms with van der Waals surface area (Å²) in [5, 5.41) is 4.55. The summed E-state index contributed by atoms with van der Waals surface area (Å²) >= 11 is 0. The van der Waals surface area contributed by atoms with Gasteiger partial charge in [-0.3, -0.25) is 4.98 Å². The maximum atomic E-state index is 5.89. The highest BCUT2D eigenvalue weighted by atomic mass is 16.5. The number of pyridine rings is 1. The molecular formula is C15H18N2O. The van der Waals surface area contributed by atoms with Crippen LogP contribution in [0.25, 0.3) is 10.9 Å². The largest absolute Gasteiger partial charge is 0.493 e. The average molecular weight is 242 g/mol. The van der Waals surface area contributed by atoms with E-state index in [0.29, 0.717) is 5.92 Å². The number of piperidine rings is 1. The number of aromatic nitrogens is 1. The monoisotopic (exact) mass is 242 g/mol. The molecule has 1 aromatic heterocycles. The predicted octanol–water partition coefficient (Wildman–Crippen LogP) is 2.61. The summed E-state index contributed by atoms with van der Waals surface area (Å²) in [5.41, 5.74) is 1.02. The van der Waals surface area contributed by atoms with Crippen LogP contribution >= 0.6 is 0 Å². The minimum atomic E-state index is 0.642. The molecule has 0 saturated carbocycles. The highest BCUT2D eigenvalue weighted by molar-refractivity contribution is 5.79. The lowest BCUT2D eigenvalue weighted by Gasteiger charge is -2.22. The van der Waals surface area contributed by atoms with Crippen LogP contribution in [0, 0.1) is 5.92 Å². The lowest BCUT2D eigenvalue weighted by atomic mass is 10.0. The molecule has 0 unspecified atom stereocenters. The van der Waals surface area contributed by atoms with Gasteiger partial charge < -0.3 is 10.1 Å². The van der Waals surface area contributed by atoms with E-state index in [1.54, 1.807) is 0 Å². The van der Waals surface area contributed by atoms with Gasteiger partial charge in [-0.1, -0.05) is 6.07 Å². The van der Waals surface area contributed by atoms with Gasteiger partial charge in [0.25, 0.3) is 0 Å². The highest BCUT2D eigenvalue weighted by Gasteiger charge is 2.13. The van der Waals surface area contributed by atoms with Gasteiger partial charge in [-0.25, -0.2) is 0 Å². The Morgan fingerprint density at radius 3 is 3.22 bits per heavy atom. The first-order valence-electron chi connectivity index (χ1n) is 6.60. The summed E-state index contributed by atoms with van der Waals surface area (Å²) in [6.07, 6.45) is 4.34. The third kappa shape index (κ3) is 2.62. The van der Waals surface area contributed by atoms with Gasteiger partial charge >= 0.3 is 0 Å². The van der Waals surface area contributed by atoms with E-state index in [1.807, 2.05) is 24.4 Å². The van der Waals surface area contributed by atoms with Crippen molar-refractivity contribution in [1.82, 2.24) is 10.3 Å². The Kier molecular flexibility index (Phi) is 3.42. The Labute approximate surface area is 107 Å². The van der Waals surface area contributed by atoms with E-state index < -0.39 is 0 Å². The number of hydrogen-bond acceptors (Lipinski definition) is 3. The highest BCUT2D eigenvalue weighted by Crippen LogP contribution is 2.20. The van der Waals surface area contributed by atoms with Crippen LogP contribution in [0.4, 0.5) is 0 Å². The molecule has 1 saturated heterocycles. The van der Waals surface area contributed by atoms with Crippen molar-refractivity contribution in [2.24, 2.45) is 5.92 Å². The number of nitrogens with one attached hydrogen (secondary N) is 1. The predicted molar refractivity (Wildman–Crippen MR) is 72.8 cm³/mol. The molecule has 1 aliphatic rings. The van der Waals surface area contributed by atoms with Crippen molar-refractivity contribution in [1.29, 1.82) is 0 Å². The summed E-state index contributed by atoms with van der Waals surface area (Å²) in [4.78, 5) is 4.31. The quantitative estimate of drug-likeness (QED) is 0.898. The van der Waals surface area contributed by atoms with Crippen molar-refractivity contribution in [3.05, 3.63) is 36.5 Å². The van der Waals surface area contributed by atoms with Crippen molar-refractivity contribution in [3.8, 4) is 5.75 Å². The topological polar surface area (TPSA) is 34.1 Å². The summed E-state index contributed by atoms with van der Waals surface area (Å²) in [5.74, 6) is 1.59. The second-order valence-electron chi connectivity index (χ2n) is 4.88. The van der Waals surface area contributed by atoms with Crippen LogP contribution in [0.3, 0.4) is 0 Å². The molecule has 1 N–H and O–H groups in total. The first-order chi connectivity index (χ1) is 8.92. The number of hydrogen-bond donors (Lipinski definition) is 1. The lowest BCUT2D eigenvalue weighted by Crippen LogP contribution is -2.33. The first kappa shape index (κ1) is 11.5. The van der Waals surface area contributed by atoms with Crippen molar-refractivity contribution in [2.75, 3.05) is 19.7 Å². The standard InChI is InChI=1S/C15H18N2O/c1-3-12(10-16-7-1)11-18-14-5-6-15-13(9-14)4-2-8-17-15/h2,4-6,8-9,12,16H,1,3,7,10-11H2/t12-/m0/s1. The van der Waals surface area contributed by atoms with Crippen molar-refractivity contribution in [3.63, 3.8) is 0 Å². The maximum absolute atomic E-state index is 5.89. The van der Waals surface area contributed by atoms with E-state index in [4.69, 9.17) is 4.74 Å². The molecule has 2 aromatic rings. The molecule has 3 heteroatoms. The minimum Gasteiger partial charge on any atom is -0.493 e. The van der Waals surface area contributed by atoms with Crippen LogP contribution in [0.1, 0.15) is 12.8 Å². The molecule has 3 nitrogen and oxygen atoms in total. The van der Waals surface area contributed by atoms with Gasteiger partial charge in [0, 0.05) is 24.0 Å². The second-order valence-corrected chi connectivity index (χ2v) is 4.88. The first-order valence-corrected chi connectivity index (χ1v) is 6.60. The fourth-order valence-corrected chi connectivity index (χ4v) is 2.42. The van der Waals surface area contributed by atoms with Gasteiger partial charge in [0.05, 0.1) is 12.1 Å². The third-order valence-corrected chi connectivity index (χ3v) is 3.46. The zero-order valence-electron chi connectivity index (χ0n) is 10.4. The Bertz CT molecular complexity index is 521. The van der Waals surface area contributed by atoms with E-state index in [9.17, 15) is 0 Å². The SMILES string of the molecule is c1cnc2ccc(OC[C@H]3CCCNC3)cc2c1. The molecule has 0 amide bonds. The van der Waals surface area contributed by atoms with Crippen molar-refractivity contribution < 1.29 is 4.74 Å². The molecule has 1 atom stereocenters. The molecule has 0 spiro atoms.